The maximum Gasteiger partial charge on any atom is 0.246 e. The Morgan fingerprint density at radius 1 is 1.38 bits per heavy atom. The van der Waals surface area contributed by atoms with Crippen LogP contribution in [-0.2, 0) is 5.54 Å². The van der Waals surface area contributed by atoms with Gasteiger partial charge >= 0.3 is 0 Å². The molecule has 2 aromatic heterocycles. The third-order valence-corrected chi connectivity index (χ3v) is 2.51. The predicted octanol–water partition coefficient (Wildman–Crippen LogP) is 1.59. The standard InChI is InChI=1S/C11H14N4O/c1-11(2,12-3)10-14-9(15-16-10)8-5-4-6-13-7-8/h4-7,12H,1-3H3. The van der Waals surface area contributed by atoms with Crippen LogP contribution >= 0.6 is 0 Å². The second-order valence-electron chi connectivity index (χ2n) is 4.04. The summed E-state index contributed by atoms with van der Waals surface area (Å²) in [6.07, 6.45) is 3.42. The Morgan fingerprint density at radius 2 is 2.19 bits per heavy atom. The van der Waals surface area contributed by atoms with E-state index in [1.807, 2.05) is 33.0 Å². The van der Waals surface area contributed by atoms with Gasteiger partial charge in [0, 0.05) is 18.0 Å². The lowest BCUT2D eigenvalue weighted by molar-refractivity contribution is 0.281. The lowest BCUT2D eigenvalue weighted by Crippen LogP contribution is -2.33. The average molecular weight is 218 g/mol. The summed E-state index contributed by atoms with van der Waals surface area (Å²) in [7, 11) is 1.86. The van der Waals surface area contributed by atoms with Crippen molar-refractivity contribution in [3.63, 3.8) is 0 Å². The van der Waals surface area contributed by atoms with Crippen molar-refractivity contribution in [2.75, 3.05) is 7.05 Å². The first-order valence-electron chi connectivity index (χ1n) is 5.07. The number of pyridine rings is 1. The van der Waals surface area contributed by atoms with Crippen LogP contribution in [0.15, 0.2) is 29.0 Å². The highest BCUT2D eigenvalue weighted by Crippen LogP contribution is 2.21. The van der Waals surface area contributed by atoms with Gasteiger partial charge in [-0.05, 0) is 33.0 Å². The van der Waals surface area contributed by atoms with Crippen molar-refractivity contribution in [2.45, 2.75) is 19.4 Å². The molecule has 0 amide bonds. The molecule has 0 aliphatic rings. The van der Waals surface area contributed by atoms with Crippen molar-refractivity contribution in [3.05, 3.63) is 30.4 Å². The molecule has 84 valence electrons. The fourth-order valence-corrected chi connectivity index (χ4v) is 1.20. The minimum absolute atomic E-state index is 0.326. The normalized spacial score (nSPS) is 11.7. The van der Waals surface area contributed by atoms with E-state index in [4.69, 9.17) is 4.52 Å². The Bertz CT molecular complexity index is 464. The second kappa shape index (κ2) is 4.02. The van der Waals surface area contributed by atoms with Crippen LogP contribution in [0.2, 0.25) is 0 Å². The van der Waals surface area contributed by atoms with Crippen LogP contribution in [0.5, 0.6) is 0 Å². The van der Waals surface area contributed by atoms with Gasteiger partial charge in [0.25, 0.3) is 0 Å². The number of nitrogens with zero attached hydrogens (tertiary/aromatic N) is 3. The van der Waals surface area contributed by atoms with Gasteiger partial charge in [-0.3, -0.25) is 4.98 Å². The van der Waals surface area contributed by atoms with Crippen molar-refractivity contribution in [1.82, 2.24) is 20.4 Å². The minimum Gasteiger partial charge on any atom is -0.337 e. The molecule has 1 N–H and O–H groups in total. The molecule has 2 heterocycles. The molecule has 2 aromatic rings. The predicted molar refractivity (Wildman–Crippen MR) is 59.6 cm³/mol. The van der Waals surface area contributed by atoms with Crippen LogP contribution in [0.4, 0.5) is 0 Å². The SMILES string of the molecule is CNC(C)(C)c1nc(-c2cccnc2)no1. The van der Waals surface area contributed by atoms with Gasteiger partial charge in [0.1, 0.15) is 0 Å². The molecule has 5 heteroatoms. The maximum atomic E-state index is 5.22. The molecule has 0 atom stereocenters. The van der Waals surface area contributed by atoms with E-state index in [0.717, 1.165) is 5.56 Å². The molecule has 0 radical (unpaired) electrons. The monoisotopic (exact) mass is 218 g/mol. The van der Waals surface area contributed by atoms with Crippen LogP contribution in [0.1, 0.15) is 19.7 Å². The molecule has 0 fully saturated rings. The quantitative estimate of drug-likeness (QED) is 0.847. The summed E-state index contributed by atoms with van der Waals surface area (Å²) in [5.74, 6) is 1.13. The summed E-state index contributed by atoms with van der Waals surface area (Å²) < 4.78 is 5.22. The zero-order valence-corrected chi connectivity index (χ0v) is 9.56. The summed E-state index contributed by atoms with van der Waals surface area (Å²) in [6, 6.07) is 3.74. The first kappa shape index (κ1) is 10.8. The van der Waals surface area contributed by atoms with Crippen LogP contribution < -0.4 is 5.32 Å². The van der Waals surface area contributed by atoms with Gasteiger partial charge in [-0.25, -0.2) is 0 Å². The highest BCUT2D eigenvalue weighted by atomic mass is 16.5. The third kappa shape index (κ3) is 1.94. The van der Waals surface area contributed by atoms with Crippen molar-refractivity contribution in [3.8, 4) is 11.4 Å². The highest BCUT2D eigenvalue weighted by molar-refractivity contribution is 5.51. The molecule has 0 saturated heterocycles. The molecule has 5 nitrogen and oxygen atoms in total. The number of hydrogen-bond donors (Lipinski definition) is 1. The van der Waals surface area contributed by atoms with Crippen LogP contribution in [0, 0.1) is 0 Å². The first-order valence-corrected chi connectivity index (χ1v) is 5.07. The number of hydrogen-bond acceptors (Lipinski definition) is 5. The lowest BCUT2D eigenvalue weighted by Gasteiger charge is -2.17. The number of aromatic nitrogens is 3. The molecule has 0 saturated carbocycles. The lowest BCUT2D eigenvalue weighted by atomic mass is 10.1. The Labute approximate surface area is 93.9 Å². The fraction of sp³-hybridized carbons (Fsp3) is 0.364. The van der Waals surface area contributed by atoms with Crippen LogP contribution in [0.25, 0.3) is 11.4 Å². The highest BCUT2D eigenvalue weighted by Gasteiger charge is 2.25. The molecule has 16 heavy (non-hydrogen) atoms. The largest absolute Gasteiger partial charge is 0.337 e. The molecule has 0 bridgehead atoms. The summed E-state index contributed by atoms with van der Waals surface area (Å²) in [5, 5.41) is 7.05. The second-order valence-corrected chi connectivity index (χ2v) is 4.04. The van der Waals surface area contributed by atoms with Crippen molar-refractivity contribution < 1.29 is 4.52 Å². The molecule has 0 aliphatic carbocycles. The topological polar surface area (TPSA) is 63.8 Å². The molecule has 0 aromatic carbocycles. The van der Waals surface area contributed by atoms with E-state index in [0.29, 0.717) is 11.7 Å². The molecule has 2 rings (SSSR count). The van der Waals surface area contributed by atoms with Crippen molar-refractivity contribution in [2.24, 2.45) is 0 Å². The third-order valence-electron chi connectivity index (χ3n) is 2.51. The number of rotatable bonds is 3. The van der Waals surface area contributed by atoms with E-state index in [1.54, 1.807) is 12.4 Å². The molecular formula is C11H14N4O. The minimum atomic E-state index is -0.326. The van der Waals surface area contributed by atoms with Crippen LogP contribution in [-0.4, -0.2) is 22.2 Å². The van der Waals surface area contributed by atoms with E-state index in [2.05, 4.69) is 20.4 Å². The summed E-state index contributed by atoms with van der Waals surface area (Å²) in [6.45, 7) is 3.96. The van der Waals surface area contributed by atoms with Crippen molar-refractivity contribution >= 4 is 0 Å². The smallest absolute Gasteiger partial charge is 0.246 e. The van der Waals surface area contributed by atoms with E-state index in [-0.39, 0.29) is 5.54 Å². The molecule has 0 aliphatic heterocycles. The maximum absolute atomic E-state index is 5.22. The van der Waals surface area contributed by atoms with Gasteiger partial charge in [-0.1, -0.05) is 5.16 Å². The summed E-state index contributed by atoms with van der Waals surface area (Å²) in [4.78, 5) is 8.36. The molecule has 0 spiro atoms. The van der Waals surface area contributed by atoms with E-state index in [1.165, 1.54) is 0 Å². The van der Waals surface area contributed by atoms with Gasteiger partial charge in [0.2, 0.25) is 11.7 Å². The summed E-state index contributed by atoms with van der Waals surface area (Å²) in [5.41, 5.74) is 0.525. The Hall–Kier alpha value is -1.75. The first-order chi connectivity index (χ1) is 7.63. The van der Waals surface area contributed by atoms with Gasteiger partial charge < -0.3 is 9.84 Å². The molecule has 0 unspecified atom stereocenters. The summed E-state index contributed by atoms with van der Waals surface area (Å²) >= 11 is 0. The number of nitrogens with one attached hydrogen (secondary N) is 1. The van der Waals surface area contributed by atoms with Gasteiger partial charge in [0.15, 0.2) is 0 Å². The average Bonchev–Trinajstić information content (AvgIpc) is 2.80. The zero-order valence-electron chi connectivity index (χ0n) is 9.56. The van der Waals surface area contributed by atoms with Crippen molar-refractivity contribution in [1.29, 1.82) is 0 Å². The Balaban J connectivity index is 2.34. The Kier molecular flexibility index (Phi) is 2.70. The van der Waals surface area contributed by atoms with Gasteiger partial charge in [-0.15, -0.1) is 0 Å². The Morgan fingerprint density at radius 3 is 2.81 bits per heavy atom. The van der Waals surface area contributed by atoms with Gasteiger partial charge in [0.05, 0.1) is 5.54 Å². The van der Waals surface area contributed by atoms with Gasteiger partial charge in [-0.2, -0.15) is 4.98 Å². The molecular weight excluding hydrogens is 204 g/mol. The van der Waals surface area contributed by atoms with Crippen LogP contribution in [0.3, 0.4) is 0 Å². The fourth-order valence-electron chi connectivity index (χ4n) is 1.20. The van der Waals surface area contributed by atoms with E-state index < -0.39 is 0 Å². The van der Waals surface area contributed by atoms with E-state index in [9.17, 15) is 0 Å². The zero-order chi connectivity index (χ0) is 11.6. The van der Waals surface area contributed by atoms with E-state index >= 15 is 0 Å².